The van der Waals surface area contributed by atoms with Gasteiger partial charge in [-0.05, 0) is 31.4 Å². The maximum atomic E-state index is 11.2. The summed E-state index contributed by atoms with van der Waals surface area (Å²) in [4.78, 5) is 12.3. The molecule has 0 atom stereocenters. The Bertz CT molecular complexity index is 299. The molecule has 0 amide bonds. The zero-order chi connectivity index (χ0) is 9.68. The summed E-state index contributed by atoms with van der Waals surface area (Å²) in [6.07, 6.45) is 1.84. The van der Waals surface area contributed by atoms with Crippen molar-refractivity contribution in [2.45, 2.75) is 13.8 Å². The quantitative estimate of drug-likeness (QED) is 0.549. The standard InChI is InChI=1S/C10H12O2S/c1-3-12-10(11)8(2)7-9-5-4-6-13-9/h4-7H,3H2,1-2H3. The summed E-state index contributed by atoms with van der Waals surface area (Å²) in [5.41, 5.74) is 0.643. The summed E-state index contributed by atoms with van der Waals surface area (Å²) in [6, 6.07) is 3.92. The van der Waals surface area contributed by atoms with Gasteiger partial charge >= 0.3 is 5.97 Å². The van der Waals surface area contributed by atoms with Gasteiger partial charge in [-0.2, -0.15) is 0 Å². The zero-order valence-electron chi connectivity index (χ0n) is 7.74. The third-order valence-electron chi connectivity index (χ3n) is 1.50. The van der Waals surface area contributed by atoms with Crippen molar-refractivity contribution in [3.05, 3.63) is 28.0 Å². The number of carbonyl (C=O) groups is 1. The number of hydrogen-bond donors (Lipinski definition) is 0. The van der Waals surface area contributed by atoms with Crippen molar-refractivity contribution in [2.24, 2.45) is 0 Å². The molecule has 0 aliphatic carbocycles. The zero-order valence-corrected chi connectivity index (χ0v) is 8.56. The fraction of sp³-hybridized carbons (Fsp3) is 0.300. The maximum Gasteiger partial charge on any atom is 0.333 e. The first-order chi connectivity index (χ1) is 6.24. The monoisotopic (exact) mass is 196 g/mol. The number of hydrogen-bond acceptors (Lipinski definition) is 3. The Morgan fingerprint density at radius 3 is 3.00 bits per heavy atom. The van der Waals surface area contributed by atoms with Crippen LogP contribution in [0.25, 0.3) is 6.08 Å². The SMILES string of the molecule is CCOC(=O)C(C)=Cc1cccs1. The number of ether oxygens (including phenoxy) is 1. The summed E-state index contributed by atoms with van der Waals surface area (Å²) >= 11 is 1.60. The van der Waals surface area contributed by atoms with Gasteiger partial charge in [0.05, 0.1) is 6.61 Å². The van der Waals surface area contributed by atoms with Crippen LogP contribution in [-0.4, -0.2) is 12.6 Å². The third-order valence-corrected chi connectivity index (χ3v) is 2.32. The van der Waals surface area contributed by atoms with Crippen molar-refractivity contribution < 1.29 is 9.53 Å². The van der Waals surface area contributed by atoms with Gasteiger partial charge < -0.3 is 4.74 Å². The second-order valence-electron chi connectivity index (χ2n) is 2.56. The molecule has 0 aliphatic rings. The van der Waals surface area contributed by atoms with Crippen LogP contribution in [0.2, 0.25) is 0 Å². The first-order valence-electron chi connectivity index (χ1n) is 4.13. The lowest BCUT2D eigenvalue weighted by Crippen LogP contribution is -2.04. The Kier molecular flexibility index (Phi) is 3.71. The van der Waals surface area contributed by atoms with Crippen molar-refractivity contribution in [3.63, 3.8) is 0 Å². The van der Waals surface area contributed by atoms with Gasteiger partial charge in [0, 0.05) is 10.5 Å². The van der Waals surface area contributed by atoms with E-state index in [9.17, 15) is 4.79 Å². The van der Waals surface area contributed by atoms with Crippen LogP contribution in [0.3, 0.4) is 0 Å². The van der Waals surface area contributed by atoms with E-state index in [0.29, 0.717) is 12.2 Å². The second-order valence-corrected chi connectivity index (χ2v) is 3.54. The van der Waals surface area contributed by atoms with E-state index in [1.165, 1.54) is 0 Å². The lowest BCUT2D eigenvalue weighted by Gasteiger charge is -1.99. The summed E-state index contributed by atoms with van der Waals surface area (Å²) in [5.74, 6) is -0.240. The van der Waals surface area contributed by atoms with Gasteiger partial charge in [-0.3, -0.25) is 0 Å². The summed E-state index contributed by atoms with van der Waals surface area (Å²) in [6.45, 7) is 3.99. The average Bonchev–Trinajstić information content (AvgIpc) is 2.57. The molecule has 1 heterocycles. The van der Waals surface area contributed by atoms with Crippen LogP contribution in [0.4, 0.5) is 0 Å². The van der Waals surface area contributed by atoms with Gasteiger partial charge in [-0.15, -0.1) is 11.3 Å². The molecule has 0 saturated carbocycles. The van der Waals surface area contributed by atoms with Crippen molar-refractivity contribution in [1.82, 2.24) is 0 Å². The van der Waals surface area contributed by atoms with Crippen molar-refractivity contribution in [3.8, 4) is 0 Å². The molecule has 1 rings (SSSR count). The Hall–Kier alpha value is -1.09. The lowest BCUT2D eigenvalue weighted by atomic mass is 10.2. The molecule has 1 aromatic rings. The summed E-state index contributed by atoms with van der Waals surface area (Å²) in [5, 5.41) is 1.98. The maximum absolute atomic E-state index is 11.2. The predicted octanol–water partition coefficient (Wildman–Crippen LogP) is 2.71. The Balaban J connectivity index is 2.66. The highest BCUT2D eigenvalue weighted by molar-refractivity contribution is 7.10. The second kappa shape index (κ2) is 4.82. The number of thiophene rings is 1. The van der Waals surface area contributed by atoms with Gasteiger partial charge in [-0.25, -0.2) is 4.79 Å². The van der Waals surface area contributed by atoms with Crippen LogP contribution in [-0.2, 0) is 9.53 Å². The molecular formula is C10H12O2S. The minimum absolute atomic E-state index is 0.240. The molecule has 0 unspecified atom stereocenters. The van der Waals surface area contributed by atoms with Crippen molar-refractivity contribution in [2.75, 3.05) is 6.61 Å². The van der Waals surface area contributed by atoms with Gasteiger partial charge in [0.2, 0.25) is 0 Å². The molecule has 2 nitrogen and oxygen atoms in total. The third kappa shape index (κ3) is 3.03. The molecule has 0 aliphatic heterocycles. The van der Waals surface area contributed by atoms with E-state index >= 15 is 0 Å². The van der Waals surface area contributed by atoms with Crippen LogP contribution in [0.15, 0.2) is 23.1 Å². The van der Waals surface area contributed by atoms with Crippen LogP contribution in [0.5, 0.6) is 0 Å². The highest BCUT2D eigenvalue weighted by Crippen LogP contribution is 2.13. The van der Waals surface area contributed by atoms with Gasteiger partial charge in [-0.1, -0.05) is 6.07 Å². The molecule has 0 saturated heterocycles. The van der Waals surface area contributed by atoms with E-state index in [1.54, 1.807) is 25.2 Å². The minimum atomic E-state index is -0.240. The molecule has 0 spiro atoms. The van der Waals surface area contributed by atoms with E-state index in [4.69, 9.17) is 4.74 Å². The molecule has 70 valence electrons. The first kappa shape index (κ1) is 9.99. The van der Waals surface area contributed by atoms with Crippen LogP contribution < -0.4 is 0 Å². The first-order valence-corrected chi connectivity index (χ1v) is 5.01. The predicted molar refractivity (Wildman–Crippen MR) is 54.6 cm³/mol. The molecule has 0 radical (unpaired) electrons. The molecular weight excluding hydrogens is 184 g/mol. The molecule has 0 bridgehead atoms. The van der Waals surface area contributed by atoms with Gasteiger partial charge in [0.1, 0.15) is 0 Å². The summed E-state index contributed by atoms with van der Waals surface area (Å²) < 4.78 is 4.85. The van der Waals surface area contributed by atoms with Crippen molar-refractivity contribution >= 4 is 23.4 Å². The molecule has 3 heteroatoms. The Labute approximate surface area is 81.8 Å². The number of carbonyl (C=O) groups excluding carboxylic acids is 1. The topological polar surface area (TPSA) is 26.3 Å². The van der Waals surface area contributed by atoms with Gasteiger partial charge in [0.15, 0.2) is 0 Å². The Morgan fingerprint density at radius 2 is 2.46 bits per heavy atom. The number of esters is 1. The fourth-order valence-corrected chi connectivity index (χ4v) is 1.61. The van der Waals surface area contributed by atoms with Crippen LogP contribution in [0, 0.1) is 0 Å². The van der Waals surface area contributed by atoms with E-state index in [-0.39, 0.29) is 5.97 Å². The molecule has 13 heavy (non-hydrogen) atoms. The van der Waals surface area contributed by atoms with Gasteiger partial charge in [0.25, 0.3) is 0 Å². The highest BCUT2D eigenvalue weighted by Gasteiger charge is 2.03. The van der Waals surface area contributed by atoms with E-state index in [1.807, 2.05) is 23.6 Å². The average molecular weight is 196 g/mol. The van der Waals surface area contributed by atoms with E-state index in [2.05, 4.69) is 0 Å². The highest BCUT2D eigenvalue weighted by atomic mass is 32.1. The van der Waals surface area contributed by atoms with Crippen LogP contribution in [0.1, 0.15) is 18.7 Å². The van der Waals surface area contributed by atoms with E-state index in [0.717, 1.165) is 4.88 Å². The Morgan fingerprint density at radius 1 is 1.69 bits per heavy atom. The molecule has 0 aromatic carbocycles. The van der Waals surface area contributed by atoms with E-state index < -0.39 is 0 Å². The summed E-state index contributed by atoms with van der Waals surface area (Å²) in [7, 11) is 0. The van der Waals surface area contributed by atoms with Crippen molar-refractivity contribution in [1.29, 1.82) is 0 Å². The fourth-order valence-electron chi connectivity index (χ4n) is 0.891. The number of rotatable bonds is 3. The molecule has 0 fully saturated rings. The molecule has 0 N–H and O–H groups in total. The largest absolute Gasteiger partial charge is 0.463 e. The smallest absolute Gasteiger partial charge is 0.333 e. The normalized spacial score (nSPS) is 11.4. The molecule has 1 aromatic heterocycles. The van der Waals surface area contributed by atoms with Crippen LogP contribution >= 0.6 is 11.3 Å². The minimum Gasteiger partial charge on any atom is -0.463 e. The lowest BCUT2D eigenvalue weighted by molar-refractivity contribution is -0.138.